The Hall–Kier alpha value is -1.91. The summed E-state index contributed by atoms with van der Waals surface area (Å²) in [7, 11) is 0. The summed E-state index contributed by atoms with van der Waals surface area (Å²) in [5.74, 6) is 0.741. The predicted octanol–water partition coefficient (Wildman–Crippen LogP) is 1.12. The van der Waals surface area contributed by atoms with E-state index in [0.29, 0.717) is 5.69 Å². The number of nitrogens with zero attached hydrogens (tertiary/aromatic N) is 4. The average molecular weight is 215 g/mol. The number of nitrogen functional groups attached to an aromatic ring is 1. The molecule has 2 heterocycles. The van der Waals surface area contributed by atoms with Gasteiger partial charge in [0, 0.05) is 5.69 Å². The summed E-state index contributed by atoms with van der Waals surface area (Å²) >= 11 is 0. The molecular formula is C11H13N5. The van der Waals surface area contributed by atoms with Gasteiger partial charge in [-0.15, -0.1) is 0 Å². The number of hydrogen-bond donors (Lipinski definition) is 1. The molecule has 2 aromatic rings. The number of nitrogens with two attached hydrogens (primary N) is 1. The molecule has 0 saturated heterocycles. The highest BCUT2D eigenvalue weighted by Crippen LogP contribution is 2.23. The van der Waals surface area contributed by atoms with Crippen molar-refractivity contribution in [2.24, 2.45) is 0 Å². The van der Waals surface area contributed by atoms with Crippen LogP contribution in [0, 0.1) is 0 Å². The van der Waals surface area contributed by atoms with Crippen LogP contribution in [0.15, 0.2) is 18.9 Å². The third kappa shape index (κ3) is 1.36. The summed E-state index contributed by atoms with van der Waals surface area (Å²) in [6, 6.07) is 0. The highest BCUT2D eigenvalue weighted by molar-refractivity contribution is 5.51. The van der Waals surface area contributed by atoms with Gasteiger partial charge in [0.1, 0.15) is 12.7 Å². The van der Waals surface area contributed by atoms with Crippen LogP contribution in [-0.2, 0) is 12.8 Å². The van der Waals surface area contributed by atoms with Gasteiger partial charge in [0.25, 0.3) is 0 Å². The van der Waals surface area contributed by atoms with E-state index in [1.165, 1.54) is 30.6 Å². The lowest BCUT2D eigenvalue weighted by atomic mass is 10.0. The first-order chi connectivity index (χ1) is 7.86. The lowest BCUT2D eigenvalue weighted by molar-refractivity contribution is 0.654. The predicted molar refractivity (Wildman–Crippen MR) is 60.2 cm³/mol. The number of imidazole rings is 1. The van der Waals surface area contributed by atoms with Crippen LogP contribution in [0.2, 0.25) is 0 Å². The molecule has 2 aromatic heterocycles. The lowest BCUT2D eigenvalue weighted by Crippen LogP contribution is -2.09. The second-order valence-electron chi connectivity index (χ2n) is 4.02. The number of aromatic nitrogens is 4. The summed E-state index contributed by atoms with van der Waals surface area (Å²) in [6.45, 7) is 0. The highest BCUT2D eigenvalue weighted by atomic mass is 15.1. The quantitative estimate of drug-likeness (QED) is 0.774. The molecule has 0 spiro atoms. The maximum Gasteiger partial charge on any atom is 0.164 e. The van der Waals surface area contributed by atoms with Crippen LogP contribution in [0.25, 0.3) is 5.82 Å². The Morgan fingerprint density at radius 1 is 1.19 bits per heavy atom. The zero-order chi connectivity index (χ0) is 11.0. The van der Waals surface area contributed by atoms with E-state index in [4.69, 9.17) is 5.73 Å². The number of hydrogen-bond acceptors (Lipinski definition) is 4. The van der Waals surface area contributed by atoms with E-state index < -0.39 is 0 Å². The van der Waals surface area contributed by atoms with Gasteiger partial charge >= 0.3 is 0 Å². The molecule has 0 saturated carbocycles. The van der Waals surface area contributed by atoms with Crippen LogP contribution >= 0.6 is 0 Å². The molecule has 1 aliphatic carbocycles. The van der Waals surface area contributed by atoms with Crippen molar-refractivity contribution in [2.45, 2.75) is 25.7 Å². The van der Waals surface area contributed by atoms with Gasteiger partial charge < -0.3 is 5.73 Å². The van der Waals surface area contributed by atoms with Gasteiger partial charge in [-0.25, -0.2) is 15.0 Å². The second kappa shape index (κ2) is 3.59. The molecule has 0 bridgehead atoms. The van der Waals surface area contributed by atoms with Gasteiger partial charge in [-0.1, -0.05) is 0 Å². The first-order valence-corrected chi connectivity index (χ1v) is 5.47. The average Bonchev–Trinajstić information content (AvgIpc) is 2.74. The zero-order valence-corrected chi connectivity index (χ0v) is 8.93. The largest absolute Gasteiger partial charge is 0.394 e. The molecule has 0 unspecified atom stereocenters. The Labute approximate surface area is 93.4 Å². The van der Waals surface area contributed by atoms with Crippen LogP contribution in [0.5, 0.6) is 0 Å². The Morgan fingerprint density at radius 2 is 2.06 bits per heavy atom. The molecular weight excluding hydrogens is 202 g/mol. The van der Waals surface area contributed by atoms with E-state index in [-0.39, 0.29) is 0 Å². The van der Waals surface area contributed by atoms with Crippen molar-refractivity contribution >= 4 is 5.69 Å². The zero-order valence-electron chi connectivity index (χ0n) is 8.93. The SMILES string of the molecule is Nc1cncnc1-n1cnc2c1CCCC2. The van der Waals surface area contributed by atoms with Crippen LogP contribution in [0.1, 0.15) is 24.2 Å². The Morgan fingerprint density at radius 3 is 2.94 bits per heavy atom. The van der Waals surface area contributed by atoms with Crippen molar-refractivity contribution < 1.29 is 0 Å². The number of rotatable bonds is 1. The standard InChI is InChI=1S/C11H13N5/c12-8-5-13-6-14-11(8)16-7-15-9-3-1-2-4-10(9)16/h5-7H,1-4,12H2. The molecule has 0 fully saturated rings. The van der Waals surface area contributed by atoms with Gasteiger partial charge in [-0.3, -0.25) is 4.57 Å². The van der Waals surface area contributed by atoms with Crippen LogP contribution in [0.3, 0.4) is 0 Å². The van der Waals surface area contributed by atoms with E-state index in [9.17, 15) is 0 Å². The van der Waals surface area contributed by atoms with Crippen molar-refractivity contribution in [2.75, 3.05) is 5.73 Å². The maximum absolute atomic E-state index is 5.87. The van der Waals surface area contributed by atoms with Crippen molar-refractivity contribution in [1.82, 2.24) is 19.5 Å². The van der Waals surface area contributed by atoms with Crippen molar-refractivity contribution in [1.29, 1.82) is 0 Å². The fraction of sp³-hybridized carbons (Fsp3) is 0.364. The topological polar surface area (TPSA) is 69.6 Å². The van der Waals surface area contributed by atoms with E-state index in [0.717, 1.165) is 18.7 Å². The van der Waals surface area contributed by atoms with E-state index in [1.54, 1.807) is 6.20 Å². The molecule has 3 rings (SSSR count). The van der Waals surface area contributed by atoms with Crippen molar-refractivity contribution in [3.8, 4) is 5.82 Å². The fourth-order valence-corrected chi connectivity index (χ4v) is 2.19. The first-order valence-electron chi connectivity index (χ1n) is 5.47. The fourth-order valence-electron chi connectivity index (χ4n) is 2.19. The summed E-state index contributed by atoms with van der Waals surface area (Å²) in [6.07, 6.45) is 9.51. The minimum atomic E-state index is 0.591. The summed E-state index contributed by atoms with van der Waals surface area (Å²) < 4.78 is 1.99. The lowest BCUT2D eigenvalue weighted by Gasteiger charge is -2.13. The van der Waals surface area contributed by atoms with Crippen molar-refractivity contribution in [3.63, 3.8) is 0 Å². The van der Waals surface area contributed by atoms with Crippen LogP contribution in [0.4, 0.5) is 5.69 Å². The third-order valence-corrected chi connectivity index (χ3v) is 2.98. The normalized spacial score (nSPS) is 14.8. The molecule has 5 nitrogen and oxygen atoms in total. The molecule has 0 radical (unpaired) electrons. The summed E-state index contributed by atoms with van der Waals surface area (Å²) in [5, 5.41) is 0. The summed E-state index contributed by atoms with van der Waals surface area (Å²) in [5.41, 5.74) is 8.89. The van der Waals surface area contributed by atoms with E-state index in [1.807, 2.05) is 10.9 Å². The Bertz CT molecular complexity index is 517. The van der Waals surface area contributed by atoms with Gasteiger partial charge in [-0.2, -0.15) is 0 Å². The Kier molecular flexibility index (Phi) is 2.09. The number of fused-ring (bicyclic) bond motifs is 1. The van der Waals surface area contributed by atoms with Gasteiger partial charge in [0.15, 0.2) is 5.82 Å². The van der Waals surface area contributed by atoms with Crippen LogP contribution < -0.4 is 5.73 Å². The first kappa shape index (κ1) is 9.33. The van der Waals surface area contributed by atoms with Gasteiger partial charge in [-0.05, 0) is 25.7 Å². The molecule has 0 amide bonds. The Balaban J connectivity index is 2.13. The van der Waals surface area contributed by atoms with E-state index >= 15 is 0 Å². The molecule has 16 heavy (non-hydrogen) atoms. The van der Waals surface area contributed by atoms with E-state index in [2.05, 4.69) is 15.0 Å². The van der Waals surface area contributed by atoms with Gasteiger partial charge in [0.2, 0.25) is 0 Å². The molecule has 0 aliphatic heterocycles. The molecule has 0 atom stereocenters. The highest BCUT2D eigenvalue weighted by Gasteiger charge is 2.17. The van der Waals surface area contributed by atoms with Crippen LogP contribution in [-0.4, -0.2) is 19.5 Å². The molecule has 0 aromatic carbocycles. The summed E-state index contributed by atoms with van der Waals surface area (Å²) in [4.78, 5) is 12.5. The smallest absolute Gasteiger partial charge is 0.164 e. The molecule has 5 heteroatoms. The van der Waals surface area contributed by atoms with Gasteiger partial charge in [0.05, 0.1) is 17.6 Å². The maximum atomic E-state index is 5.87. The monoisotopic (exact) mass is 215 g/mol. The minimum absolute atomic E-state index is 0.591. The second-order valence-corrected chi connectivity index (χ2v) is 4.02. The minimum Gasteiger partial charge on any atom is -0.394 e. The number of anilines is 1. The number of aryl methyl sites for hydroxylation is 1. The molecule has 82 valence electrons. The van der Waals surface area contributed by atoms with Crippen molar-refractivity contribution in [3.05, 3.63) is 30.2 Å². The third-order valence-electron chi connectivity index (χ3n) is 2.98. The molecule has 1 aliphatic rings. The molecule has 2 N–H and O–H groups in total.